The van der Waals surface area contributed by atoms with Gasteiger partial charge in [-0.15, -0.1) is 0 Å². The van der Waals surface area contributed by atoms with Crippen LogP contribution in [0.2, 0.25) is 0 Å². The Bertz CT molecular complexity index is 287. The Labute approximate surface area is 137 Å². The molecule has 0 aromatic heterocycles. The van der Waals surface area contributed by atoms with E-state index in [1.165, 1.54) is 44.9 Å². The zero-order chi connectivity index (χ0) is 16.6. The number of carbonyl (C=O) groups is 2. The van der Waals surface area contributed by atoms with Crippen molar-refractivity contribution in [3.05, 3.63) is 0 Å². The highest BCUT2D eigenvalue weighted by atomic mass is 16.1. The van der Waals surface area contributed by atoms with Gasteiger partial charge in [0.1, 0.15) is 5.78 Å². The number of amides is 1. The lowest BCUT2D eigenvalue weighted by molar-refractivity contribution is -0.122. The molecule has 0 saturated heterocycles. The zero-order valence-electron chi connectivity index (χ0n) is 15.1. The number of Topliss-reactive ketones (excluding diaryl/α,β-unsaturated/α-hetero) is 1. The summed E-state index contributed by atoms with van der Waals surface area (Å²) in [4.78, 5) is 22.8. The van der Waals surface area contributed by atoms with Gasteiger partial charge in [0.15, 0.2) is 0 Å². The van der Waals surface area contributed by atoms with E-state index in [-0.39, 0.29) is 11.8 Å². The van der Waals surface area contributed by atoms with Crippen molar-refractivity contribution in [3.8, 4) is 0 Å². The van der Waals surface area contributed by atoms with Crippen molar-refractivity contribution < 1.29 is 9.59 Å². The van der Waals surface area contributed by atoms with E-state index in [0.717, 1.165) is 32.2 Å². The van der Waals surface area contributed by atoms with Gasteiger partial charge in [0.25, 0.3) is 0 Å². The summed E-state index contributed by atoms with van der Waals surface area (Å²) in [7, 11) is 0. The van der Waals surface area contributed by atoms with Gasteiger partial charge in [0.05, 0.1) is 0 Å². The molecule has 0 aromatic rings. The van der Waals surface area contributed by atoms with Crippen LogP contribution in [-0.2, 0) is 9.59 Å². The van der Waals surface area contributed by atoms with Crippen molar-refractivity contribution >= 4 is 11.7 Å². The largest absolute Gasteiger partial charge is 0.356 e. The first-order valence-electron chi connectivity index (χ1n) is 9.37. The molecule has 1 amide bonds. The fraction of sp³-hybridized carbons (Fsp3) is 0.895. The number of nitrogens with one attached hydrogen (secondary N) is 1. The molecule has 0 spiro atoms. The van der Waals surface area contributed by atoms with Crippen LogP contribution in [0.4, 0.5) is 0 Å². The standard InChI is InChI=1S/C19H37NO2/c1-4-16-20-19(22)15-13-11-9-7-5-6-8-10-12-14-18(21)17(2)3/h17H,4-16H2,1-3H3,(H,20,22). The lowest BCUT2D eigenvalue weighted by atomic mass is 10.0. The van der Waals surface area contributed by atoms with Gasteiger partial charge in [-0.3, -0.25) is 9.59 Å². The van der Waals surface area contributed by atoms with E-state index in [9.17, 15) is 9.59 Å². The average molecular weight is 312 g/mol. The van der Waals surface area contributed by atoms with Crippen LogP contribution in [0, 0.1) is 5.92 Å². The highest BCUT2D eigenvalue weighted by Gasteiger charge is 2.05. The van der Waals surface area contributed by atoms with Gasteiger partial charge < -0.3 is 5.32 Å². The van der Waals surface area contributed by atoms with E-state index in [4.69, 9.17) is 0 Å². The molecule has 0 fully saturated rings. The minimum atomic E-state index is 0.198. The number of unbranched alkanes of at least 4 members (excludes halogenated alkanes) is 8. The Morgan fingerprint density at radius 2 is 1.23 bits per heavy atom. The number of hydrogen-bond donors (Lipinski definition) is 1. The predicted octanol–water partition coefficient (Wildman–Crippen LogP) is 5.03. The summed E-state index contributed by atoms with van der Waals surface area (Å²) in [5.74, 6) is 0.810. The molecule has 0 aliphatic rings. The SMILES string of the molecule is CCCNC(=O)CCCCCCCCCCCC(=O)C(C)C. The summed E-state index contributed by atoms with van der Waals surface area (Å²) in [6.45, 7) is 6.84. The van der Waals surface area contributed by atoms with Gasteiger partial charge in [-0.25, -0.2) is 0 Å². The van der Waals surface area contributed by atoms with E-state index in [1.54, 1.807) is 0 Å². The number of hydrogen-bond acceptors (Lipinski definition) is 2. The van der Waals surface area contributed by atoms with Crippen molar-refractivity contribution in [2.24, 2.45) is 5.92 Å². The lowest BCUT2D eigenvalue weighted by Crippen LogP contribution is -2.23. The Kier molecular flexibility index (Phi) is 14.5. The highest BCUT2D eigenvalue weighted by Crippen LogP contribution is 2.12. The molecule has 0 aliphatic heterocycles. The molecule has 0 atom stereocenters. The Hall–Kier alpha value is -0.860. The van der Waals surface area contributed by atoms with Gasteiger partial charge >= 0.3 is 0 Å². The fourth-order valence-electron chi connectivity index (χ4n) is 2.46. The van der Waals surface area contributed by atoms with Gasteiger partial charge in [-0.05, 0) is 19.3 Å². The molecule has 130 valence electrons. The van der Waals surface area contributed by atoms with Crippen LogP contribution < -0.4 is 5.32 Å². The van der Waals surface area contributed by atoms with E-state index in [0.29, 0.717) is 12.2 Å². The molecular weight excluding hydrogens is 274 g/mol. The molecule has 0 heterocycles. The molecule has 0 radical (unpaired) electrons. The molecule has 0 bridgehead atoms. The molecular formula is C19H37NO2. The maximum absolute atomic E-state index is 11.5. The van der Waals surface area contributed by atoms with Crippen LogP contribution in [0.25, 0.3) is 0 Å². The molecule has 0 aliphatic carbocycles. The maximum Gasteiger partial charge on any atom is 0.219 e. The summed E-state index contributed by atoms with van der Waals surface area (Å²) in [6, 6.07) is 0. The van der Waals surface area contributed by atoms with E-state index in [2.05, 4.69) is 12.2 Å². The predicted molar refractivity (Wildman–Crippen MR) is 93.9 cm³/mol. The molecule has 0 saturated carbocycles. The average Bonchev–Trinajstić information content (AvgIpc) is 2.50. The van der Waals surface area contributed by atoms with Crippen molar-refractivity contribution in [1.29, 1.82) is 0 Å². The van der Waals surface area contributed by atoms with Crippen LogP contribution in [0.1, 0.15) is 97.8 Å². The van der Waals surface area contributed by atoms with Crippen molar-refractivity contribution in [3.63, 3.8) is 0 Å². The van der Waals surface area contributed by atoms with E-state index >= 15 is 0 Å². The minimum absolute atomic E-state index is 0.198. The lowest BCUT2D eigenvalue weighted by Gasteiger charge is -2.05. The summed E-state index contributed by atoms with van der Waals surface area (Å²) < 4.78 is 0. The Morgan fingerprint density at radius 3 is 1.68 bits per heavy atom. The molecule has 3 heteroatoms. The Balaban J connectivity index is 3.17. The van der Waals surface area contributed by atoms with E-state index < -0.39 is 0 Å². The number of ketones is 1. The van der Waals surface area contributed by atoms with Crippen LogP contribution in [0.5, 0.6) is 0 Å². The molecule has 3 nitrogen and oxygen atoms in total. The minimum Gasteiger partial charge on any atom is -0.356 e. The third-order valence-corrected chi connectivity index (χ3v) is 4.04. The van der Waals surface area contributed by atoms with Crippen molar-refractivity contribution in [2.45, 2.75) is 97.8 Å². The van der Waals surface area contributed by atoms with Crippen LogP contribution in [0.3, 0.4) is 0 Å². The number of carbonyl (C=O) groups excluding carboxylic acids is 2. The van der Waals surface area contributed by atoms with Gasteiger partial charge in [-0.1, -0.05) is 65.7 Å². The molecule has 0 unspecified atom stereocenters. The van der Waals surface area contributed by atoms with Crippen molar-refractivity contribution in [2.75, 3.05) is 6.54 Å². The monoisotopic (exact) mass is 311 g/mol. The summed E-state index contributed by atoms with van der Waals surface area (Å²) in [5, 5.41) is 2.91. The quantitative estimate of drug-likeness (QED) is 0.431. The second-order valence-corrected chi connectivity index (χ2v) is 6.65. The summed E-state index contributed by atoms with van der Waals surface area (Å²) in [6.07, 6.45) is 13.3. The topological polar surface area (TPSA) is 46.2 Å². The normalized spacial score (nSPS) is 10.9. The second-order valence-electron chi connectivity index (χ2n) is 6.65. The van der Waals surface area contributed by atoms with Crippen molar-refractivity contribution in [1.82, 2.24) is 5.32 Å². The second kappa shape index (κ2) is 15.1. The van der Waals surface area contributed by atoms with Gasteiger partial charge in [-0.2, -0.15) is 0 Å². The Morgan fingerprint density at radius 1 is 0.773 bits per heavy atom. The first-order valence-corrected chi connectivity index (χ1v) is 9.37. The molecule has 22 heavy (non-hydrogen) atoms. The van der Waals surface area contributed by atoms with Gasteiger partial charge in [0.2, 0.25) is 5.91 Å². The van der Waals surface area contributed by atoms with Crippen LogP contribution in [-0.4, -0.2) is 18.2 Å². The molecule has 0 rings (SSSR count). The molecule has 1 N–H and O–H groups in total. The zero-order valence-corrected chi connectivity index (χ0v) is 15.1. The van der Waals surface area contributed by atoms with Gasteiger partial charge in [0, 0.05) is 25.3 Å². The summed E-state index contributed by atoms with van der Waals surface area (Å²) in [5.41, 5.74) is 0. The third-order valence-electron chi connectivity index (χ3n) is 4.04. The highest BCUT2D eigenvalue weighted by molar-refractivity contribution is 5.80. The first kappa shape index (κ1) is 21.1. The maximum atomic E-state index is 11.5. The van der Waals surface area contributed by atoms with Crippen LogP contribution >= 0.6 is 0 Å². The smallest absolute Gasteiger partial charge is 0.219 e. The summed E-state index contributed by atoms with van der Waals surface area (Å²) >= 11 is 0. The first-order chi connectivity index (χ1) is 10.6. The van der Waals surface area contributed by atoms with Crippen LogP contribution in [0.15, 0.2) is 0 Å². The van der Waals surface area contributed by atoms with E-state index in [1.807, 2.05) is 13.8 Å². The number of rotatable bonds is 15. The fourth-order valence-corrected chi connectivity index (χ4v) is 2.46. The third kappa shape index (κ3) is 14.1. The molecule has 0 aromatic carbocycles.